The van der Waals surface area contributed by atoms with Crippen molar-refractivity contribution < 1.29 is 9.59 Å². The van der Waals surface area contributed by atoms with Gasteiger partial charge >= 0.3 is 6.03 Å². The second-order valence-electron chi connectivity index (χ2n) is 8.29. The Morgan fingerprint density at radius 1 is 1.13 bits per heavy atom. The fourth-order valence-corrected chi connectivity index (χ4v) is 4.00. The Balaban J connectivity index is 1.50. The fraction of sp³-hybridized carbons (Fsp3) is 0.385. The maximum absolute atomic E-state index is 12.8. The minimum Gasteiger partial charge on any atom is -0.308 e. The van der Waals surface area contributed by atoms with Gasteiger partial charge in [-0.3, -0.25) is 9.69 Å². The predicted octanol–water partition coefficient (Wildman–Crippen LogP) is 5.31. The van der Waals surface area contributed by atoms with Crippen LogP contribution < -0.4 is 10.2 Å². The van der Waals surface area contributed by atoms with E-state index >= 15 is 0 Å². The molecule has 2 aromatic rings. The number of carbonyl (C=O) groups excluding carboxylic acids is 2. The zero-order chi connectivity index (χ0) is 22.2. The summed E-state index contributed by atoms with van der Waals surface area (Å²) < 4.78 is 0. The van der Waals surface area contributed by atoms with Gasteiger partial charge in [0.25, 0.3) is 0 Å². The number of carbonyl (C=O) groups is 2. The predicted molar refractivity (Wildman–Crippen MR) is 128 cm³/mol. The van der Waals surface area contributed by atoms with E-state index in [0.29, 0.717) is 17.8 Å². The van der Waals surface area contributed by atoms with Gasteiger partial charge in [-0.1, -0.05) is 24.6 Å². The molecule has 0 radical (unpaired) electrons. The van der Waals surface area contributed by atoms with Crippen LogP contribution in [0.5, 0.6) is 0 Å². The average molecular weight is 420 g/mol. The quantitative estimate of drug-likeness (QED) is 0.322. The Kier molecular flexibility index (Phi) is 8.01. The number of fused-ring (bicyclic) bond motifs is 1. The molecular weight excluding hydrogens is 386 g/mol. The fourth-order valence-electron chi connectivity index (χ4n) is 4.00. The van der Waals surface area contributed by atoms with Crippen LogP contribution in [0.3, 0.4) is 0 Å². The van der Waals surface area contributed by atoms with Crippen molar-refractivity contribution in [1.29, 1.82) is 0 Å². The van der Waals surface area contributed by atoms with E-state index in [1.807, 2.05) is 6.08 Å². The summed E-state index contributed by atoms with van der Waals surface area (Å²) in [6.07, 6.45) is 7.50. The van der Waals surface area contributed by atoms with Gasteiger partial charge in [-0.05, 0) is 87.7 Å². The van der Waals surface area contributed by atoms with Crippen molar-refractivity contribution in [1.82, 2.24) is 4.90 Å². The van der Waals surface area contributed by atoms with Gasteiger partial charge in [0.15, 0.2) is 5.78 Å². The Morgan fingerprint density at radius 2 is 1.90 bits per heavy atom. The first-order valence-electron chi connectivity index (χ1n) is 11.1. The van der Waals surface area contributed by atoms with Crippen molar-refractivity contribution in [2.45, 2.75) is 39.0 Å². The number of nitrogens with one attached hydrogen (secondary N) is 1. The van der Waals surface area contributed by atoms with Crippen LogP contribution in [-0.2, 0) is 12.8 Å². The highest BCUT2D eigenvalue weighted by molar-refractivity contribution is 6.03. The number of aryl methyl sites for hydroxylation is 1. The summed E-state index contributed by atoms with van der Waals surface area (Å²) >= 11 is 0. The van der Waals surface area contributed by atoms with Crippen LogP contribution in [0.4, 0.5) is 16.2 Å². The highest BCUT2D eigenvalue weighted by Gasteiger charge is 2.24. The molecule has 5 heteroatoms. The third-order valence-electron chi connectivity index (χ3n) is 5.77. The molecule has 3 rings (SSSR count). The topological polar surface area (TPSA) is 52.6 Å². The van der Waals surface area contributed by atoms with Crippen LogP contribution >= 0.6 is 0 Å². The first-order chi connectivity index (χ1) is 15.0. The van der Waals surface area contributed by atoms with Crippen molar-refractivity contribution in [3.8, 4) is 0 Å². The summed E-state index contributed by atoms with van der Waals surface area (Å²) in [5.74, 6) is 0.0159. The lowest BCUT2D eigenvalue weighted by atomic mass is 10.0. The monoisotopic (exact) mass is 419 g/mol. The summed E-state index contributed by atoms with van der Waals surface area (Å²) in [7, 11) is 2.13. The molecule has 164 valence electrons. The number of amides is 2. The number of hydrogen-bond acceptors (Lipinski definition) is 3. The molecule has 0 unspecified atom stereocenters. The first kappa shape index (κ1) is 22.8. The Bertz CT molecular complexity index is 921. The van der Waals surface area contributed by atoms with Gasteiger partial charge in [-0.15, -0.1) is 6.58 Å². The molecule has 0 spiro atoms. The third-order valence-corrected chi connectivity index (χ3v) is 5.77. The van der Waals surface area contributed by atoms with E-state index in [4.69, 9.17) is 0 Å². The van der Waals surface area contributed by atoms with Crippen LogP contribution in [0.1, 0.15) is 47.7 Å². The molecule has 0 saturated heterocycles. The lowest BCUT2D eigenvalue weighted by Crippen LogP contribution is -2.33. The van der Waals surface area contributed by atoms with Gasteiger partial charge in [-0.2, -0.15) is 0 Å². The number of likely N-dealkylation sites (N-methyl/N-ethyl adjacent to an activating group) is 1. The second-order valence-corrected chi connectivity index (χ2v) is 8.29. The first-order valence-corrected chi connectivity index (χ1v) is 11.1. The van der Waals surface area contributed by atoms with E-state index in [0.717, 1.165) is 31.6 Å². The number of anilines is 2. The highest BCUT2D eigenvalue weighted by atomic mass is 16.2. The third kappa shape index (κ3) is 6.28. The number of ketones is 1. The van der Waals surface area contributed by atoms with Crippen LogP contribution in [0.25, 0.3) is 0 Å². The van der Waals surface area contributed by atoms with E-state index in [1.165, 1.54) is 37.3 Å². The van der Waals surface area contributed by atoms with E-state index in [2.05, 4.69) is 42.0 Å². The molecule has 1 heterocycles. The van der Waals surface area contributed by atoms with Crippen molar-refractivity contribution in [2.75, 3.05) is 36.9 Å². The minimum atomic E-state index is -0.134. The number of rotatable bonds is 10. The number of Topliss-reactive ketones (excluding diaryl/α,β-unsaturated/α-hetero) is 1. The highest BCUT2D eigenvalue weighted by Crippen LogP contribution is 2.30. The van der Waals surface area contributed by atoms with Crippen LogP contribution in [0.15, 0.2) is 55.1 Å². The number of benzene rings is 2. The van der Waals surface area contributed by atoms with Gasteiger partial charge in [-0.25, -0.2) is 4.79 Å². The SMILES string of the molecule is C=CCN(C)CCCCCc1ccc2c(c1)CCN2C(=O)Nc1ccc(C(C)=O)cc1. The van der Waals surface area contributed by atoms with Crippen LogP contribution in [-0.4, -0.2) is 43.4 Å². The van der Waals surface area contributed by atoms with E-state index in [1.54, 1.807) is 29.2 Å². The average Bonchev–Trinajstić information content (AvgIpc) is 3.17. The van der Waals surface area contributed by atoms with E-state index < -0.39 is 0 Å². The minimum absolute atomic E-state index is 0.0159. The van der Waals surface area contributed by atoms with Gasteiger partial charge < -0.3 is 10.2 Å². The largest absolute Gasteiger partial charge is 0.326 e. The molecule has 31 heavy (non-hydrogen) atoms. The molecule has 0 aromatic heterocycles. The Hall–Kier alpha value is -2.92. The molecule has 1 aliphatic rings. The lowest BCUT2D eigenvalue weighted by molar-refractivity contribution is 0.101. The molecule has 0 aliphatic carbocycles. The molecule has 1 aliphatic heterocycles. The van der Waals surface area contributed by atoms with Crippen LogP contribution in [0, 0.1) is 0 Å². The molecule has 5 nitrogen and oxygen atoms in total. The molecule has 2 amide bonds. The molecule has 2 aromatic carbocycles. The van der Waals surface area contributed by atoms with Gasteiger partial charge in [0, 0.05) is 30.0 Å². The molecule has 0 fully saturated rings. The van der Waals surface area contributed by atoms with Gasteiger partial charge in [0.1, 0.15) is 0 Å². The lowest BCUT2D eigenvalue weighted by Gasteiger charge is -2.18. The van der Waals surface area contributed by atoms with Crippen LogP contribution in [0.2, 0.25) is 0 Å². The number of unbranched alkanes of at least 4 members (excludes halogenated alkanes) is 2. The maximum Gasteiger partial charge on any atom is 0.326 e. The van der Waals surface area contributed by atoms with Gasteiger partial charge in [0.2, 0.25) is 0 Å². The van der Waals surface area contributed by atoms with Crippen molar-refractivity contribution in [3.05, 3.63) is 71.8 Å². The maximum atomic E-state index is 12.8. The summed E-state index contributed by atoms with van der Waals surface area (Å²) in [6.45, 7) is 8.05. The second kappa shape index (κ2) is 10.9. The zero-order valence-electron chi connectivity index (χ0n) is 18.7. The normalized spacial score (nSPS) is 12.7. The zero-order valence-corrected chi connectivity index (χ0v) is 18.7. The van der Waals surface area contributed by atoms with E-state index in [9.17, 15) is 9.59 Å². The van der Waals surface area contributed by atoms with Crippen molar-refractivity contribution >= 4 is 23.2 Å². The molecule has 1 N–H and O–H groups in total. The van der Waals surface area contributed by atoms with E-state index in [-0.39, 0.29) is 11.8 Å². The molecule has 0 saturated carbocycles. The standard InChI is InChI=1S/C26H33N3O2/c1-4-16-28(3)17-7-5-6-8-21-9-14-25-23(19-21)15-18-29(25)26(31)27-24-12-10-22(11-13-24)20(2)30/h4,9-14,19H,1,5-8,15-18H2,2-3H3,(H,27,31). The Labute approximate surface area is 185 Å². The molecule has 0 bridgehead atoms. The van der Waals surface area contributed by atoms with Crippen molar-refractivity contribution in [3.63, 3.8) is 0 Å². The number of nitrogens with zero attached hydrogens (tertiary/aromatic N) is 2. The number of hydrogen-bond donors (Lipinski definition) is 1. The summed E-state index contributed by atoms with van der Waals surface area (Å²) in [6, 6.07) is 13.4. The molecule has 0 atom stereocenters. The smallest absolute Gasteiger partial charge is 0.308 e. The van der Waals surface area contributed by atoms with Gasteiger partial charge in [0.05, 0.1) is 0 Å². The number of urea groups is 1. The Morgan fingerprint density at radius 3 is 2.61 bits per heavy atom. The summed E-state index contributed by atoms with van der Waals surface area (Å²) in [5.41, 5.74) is 4.91. The summed E-state index contributed by atoms with van der Waals surface area (Å²) in [5, 5.41) is 2.94. The summed E-state index contributed by atoms with van der Waals surface area (Å²) in [4.78, 5) is 28.3. The molecular formula is C26H33N3O2. The van der Waals surface area contributed by atoms with Crippen molar-refractivity contribution in [2.24, 2.45) is 0 Å².